The second-order valence-corrected chi connectivity index (χ2v) is 21.3. The van der Waals surface area contributed by atoms with Crippen molar-refractivity contribution < 1.29 is 69.6 Å². The summed E-state index contributed by atoms with van der Waals surface area (Å²) in [7, 11) is 2.94. The fraction of sp³-hybridized carbons (Fsp3) is 0.370. The van der Waals surface area contributed by atoms with Crippen molar-refractivity contribution in [1.82, 2.24) is 29.9 Å². The second-order valence-electron chi connectivity index (χ2n) is 19.5. The van der Waals surface area contributed by atoms with Crippen LogP contribution in [0.25, 0.3) is 16.6 Å². The Bertz CT molecular complexity index is 3080. The van der Waals surface area contributed by atoms with E-state index in [4.69, 9.17) is 18.9 Å². The summed E-state index contributed by atoms with van der Waals surface area (Å²) in [5.74, 6) is -5.06. The van der Waals surface area contributed by atoms with E-state index < -0.39 is 59.2 Å². The van der Waals surface area contributed by atoms with E-state index in [0.717, 1.165) is 37.3 Å². The van der Waals surface area contributed by atoms with Crippen LogP contribution >= 0.6 is 22.7 Å². The number of carbonyl (C=O) groups excluding carboxylic acids is 6. The molecule has 2 aliphatic heterocycles. The molecule has 3 aromatic heterocycles. The van der Waals surface area contributed by atoms with Crippen LogP contribution in [0.2, 0.25) is 0 Å². The highest BCUT2D eigenvalue weighted by atomic mass is 32.1. The number of hydrogen-bond donors (Lipinski definition) is 4. The number of anilines is 2. The molecule has 0 saturated heterocycles. The van der Waals surface area contributed by atoms with Crippen molar-refractivity contribution in [2.75, 3.05) is 97.2 Å². The third-order valence-electron chi connectivity index (χ3n) is 12.5. The molecule has 426 valence electrons. The van der Waals surface area contributed by atoms with Gasteiger partial charge in [-0.2, -0.15) is 0 Å². The maximum absolute atomic E-state index is 16.3. The number of carbonyl (C=O) groups is 6. The minimum Gasteiger partial charge on any atom is -0.484 e. The van der Waals surface area contributed by atoms with E-state index in [9.17, 15) is 37.5 Å². The molecule has 0 fully saturated rings. The standard InChI is InChI=1S/C54H62BF4N9O10S2/c1-54(2,31-46(69)63-51-41(56)28-37(29-42(51)57)52(74)64-53-62-19-27-80-53)32-49(72)65(3)33-47(70)60-17-6-20-75-22-24-77-25-23-76-21-7-18-61-48(71)34-66(4)50(73)35-78-40-13-9-36(10-14-40)43-15-11-38-30-39-12-16-44(45-8-5-26-79-45)68(39)55(58,59)67(38)43/h5,8-16,19,26-30H,6-7,17-18,20-25,31-35H2,1-4H3,(H,60,70)(H,61,71)(H,63,69)(H,62,64,74). The Labute approximate surface area is 467 Å². The average molecular weight is 1150 g/mol. The normalized spacial score (nSPS) is 13.3. The van der Waals surface area contributed by atoms with Gasteiger partial charge in [-0.1, -0.05) is 19.9 Å². The lowest BCUT2D eigenvalue weighted by atomic mass is 9.84. The molecule has 26 heteroatoms. The molecule has 0 radical (unpaired) electrons. The lowest BCUT2D eigenvalue weighted by Crippen LogP contribution is -2.50. The van der Waals surface area contributed by atoms with Gasteiger partial charge in [0.2, 0.25) is 23.6 Å². The molecule has 7 rings (SSSR count). The molecule has 0 saturated carbocycles. The van der Waals surface area contributed by atoms with Gasteiger partial charge >= 0.3 is 6.97 Å². The third kappa shape index (κ3) is 16.5. The number of thiazole rings is 1. The summed E-state index contributed by atoms with van der Waals surface area (Å²) >= 11 is 2.53. The third-order valence-corrected chi connectivity index (χ3v) is 14.1. The minimum atomic E-state index is -4.21. The number of allylic oxidation sites excluding steroid dienone is 2. The van der Waals surface area contributed by atoms with E-state index in [0.29, 0.717) is 99.7 Å². The van der Waals surface area contributed by atoms with Crippen molar-refractivity contribution in [2.45, 2.75) is 39.5 Å². The van der Waals surface area contributed by atoms with Crippen molar-refractivity contribution >= 4 is 87.7 Å². The first-order valence-electron chi connectivity index (χ1n) is 25.6. The van der Waals surface area contributed by atoms with Crippen molar-refractivity contribution in [3.63, 3.8) is 0 Å². The van der Waals surface area contributed by atoms with Gasteiger partial charge < -0.3 is 62.3 Å². The number of nitrogens with zero attached hydrogens (tertiary/aromatic N) is 5. The highest BCUT2D eigenvalue weighted by Gasteiger charge is 2.53. The number of fused-ring (bicyclic) bond motifs is 2. The SMILES string of the molecule is CN(CC(=O)NCCCOCCOCCOCCCNC(=O)CN(C)C(=O)CC(C)(C)CC(=O)Nc1c(F)cc(C(=O)Nc2nccs2)cc1F)C(=O)COc1ccc(C2=[N+]3C(=Cc4ccc(-c5cccs5)n4[B-]3(F)F)C=C2)cc1. The number of thiophene rings is 1. The summed E-state index contributed by atoms with van der Waals surface area (Å²) in [6, 6.07) is 15.2. The summed E-state index contributed by atoms with van der Waals surface area (Å²) in [5.41, 5.74) is 0.204. The molecule has 0 aliphatic carbocycles. The smallest absolute Gasteiger partial charge is 0.484 e. The first-order chi connectivity index (χ1) is 38.3. The maximum Gasteiger partial charge on any atom is 0.737 e. The molecular weight excluding hydrogens is 1090 g/mol. The van der Waals surface area contributed by atoms with Crippen molar-refractivity contribution in [3.05, 3.63) is 124 Å². The number of amides is 6. The van der Waals surface area contributed by atoms with Gasteiger partial charge in [0.1, 0.15) is 11.4 Å². The molecule has 0 spiro atoms. The minimum absolute atomic E-state index is 0.137. The number of rotatable bonds is 30. The Morgan fingerprint density at radius 3 is 1.96 bits per heavy atom. The van der Waals surface area contributed by atoms with E-state index in [1.807, 2.05) is 17.5 Å². The molecular formula is C54H62BF4N9O10S2. The molecule has 0 atom stereocenters. The van der Waals surface area contributed by atoms with Gasteiger partial charge in [-0.05, 0) is 78.2 Å². The van der Waals surface area contributed by atoms with Crippen LogP contribution in [-0.2, 0) is 38.2 Å². The molecule has 2 aromatic carbocycles. The fourth-order valence-electron chi connectivity index (χ4n) is 8.53. The van der Waals surface area contributed by atoms with Gasteiger partial charge in [0, 0.05) is 110 Å². The summed E-state index contributed by atoms with van der Waals surface area (Å²) < 4.78 is 86.7. The van der Waals surface area contributed by atoms with Crippen molar-refractivity contribution in [2.24, 2.45) is 5.41 Å². The summed E-state index contributed by atoms with van der Waals surface area (Å²) in [6.07, 6.45) is 7.17. The number of ether oxygens (including phenoxy) is 4. The molecule has 6 amide bonds. The van der Waals surface area contributed by atoms with E-state index in [1.54, 1.807) is 73.9 Å². The van der Waals surface area contributed by atoms with E-state index >= 15 is 8.63 Å². The molecule has 2 aliphatic rings. The van der Waals surface area contributed by atoms with Gasteiger partial charge in [0.25, 0.3) is 11.8 Å². The quantitative estimate of drug-likeness (QED) is 0.0217. The number of aromatic nitrogens is 2. The number of halogens is 4. The predicted molar refractivity (Wildman–Crippen MR) is 296 cm³/mol. The second kappa shape index (κ2) is 28.1. The molecule has 5 heterocycles. The predicted octanol–water partition coefficient (Wildman–Crippen LogP) is 6.66. The number of likely N-dealkylation sites (N-methyl/N-ethyl adjacent to an activating group) is 2. The average Bonchev–Trinajstić information content (AvgIpc) is 4.28. The van der Waals surface area contributed by atoms with Crippen LogP contribution in [0.1, 0.15) is 61.1 Å². The van der Waals surface area contributed by atoms with Crippen molar-refractivity contribution in [1.29, 1.82) is 0 Å². The zero-order chi connectivity index (χ0) is 57.4. The van der Waals surface area contributed by atoms with Gasteiger partial charge in [-0.25, -0.2) is 13.8 Å². The first kappa shape index (κ1) is 60.1. The summed E-state index contributed by atoms with van der Waals surface area (Å²) in [6.45, 7) is 0.978. The van der Waals surface area contributed by atoms with Gasteiger partial charge in [0.05, 0.1) is 39.5 Å². The summed E-state index contributed by atoms with van der Waals surface area (Å²) in [5, 5.41) is 13.8. The topological polar surface area (TPSA) is 215 Å². The Balaban J connectivity index is 0.665. The molecule has 0 unspecified atom stereocenters. The van der Waals surface area contributed by atoms with Crippen LogP contribution in [0.3, 0.4) is 0 Å². The molecule has 4 N–H and O–H groups in total. The first-order valence-corrected chi connectivity index (χ1v) is 27.4. The van der Waals surface area contributed by atoms with Crippen LogP contribution in [0, 0.1) is 17.0 Å². The molecule has 19 nitrogen and oxygen atoms in total. The van der Waals surface area contributed by atoms with E-state index in [1.165, 1.54) is 41.4 Å². The van der Waals surface area contributed by atoms with Crippen LogP contribution in [0.5, 0.6) is 5.75 Å². The largest absolute Gasteiger partial charge is 0.737 e. The molecule has 0 bridgehead atoms. The fourth-order valence-corrected chi connectivity index (χ4v) is 9.80. The summed E-state index contributed by atoms with van der Waals surface area (Å²) in [4.78, 5) is 82.9. The zero-order valence-electron chi connectivity index (χ0n) is 44.6. The van der Waals surface area contributed by atoms with Crippen LogP contribution in [0.4, 0.5) is 28.2 Å². The number of nitrogens with one attached hydrogen (secondary N) is 4. The highest BCUT2D eigenvalue weighted by molar-refractivity contribution is 7.14. The van der Waals surface area contributed by atoms with E-state index in [2.05, 4.69) is 26.3 Å². The lowest BCUT2D eigenvalue weighted by Gasteiger charge is -2.30. The molecule has 5 aromatic rings. The zero-order valence-corrected chi connectivity index (χ0v) is 46.2. The van der Waals surface area contributed by atoms with Crippen LogP contribution in [-0.4, -0.2) is 158 Å². The Kier molecular flexibility index (Phi) is 21.1. The Morgan fingerprint density at radius 1 is 0.738 bits per heavy atom. The van der Waals surface area contributed by atoms with Crippen LogP contribution in [0.15, 0.2) is 95.5 Å². The highest BCUT2D eigenvalue weighted by Crippen LogP contribution is 2.38. The van der Waals surface area contributed by atoms with Gasteiger partial charge in [-0.15, -0.1) is 22.7 Å². The molecule has 80 heavy (non-hydrogen) atoms. The lowest BCUT2D eigenvalue weighted by molar-refractivity contribution is -0.360. The van der Waals surface area contributed by atoms with Gasteiger partial charge in [-0.3, -0.25) is 34.1 Å². The Morgan fingerprint density at radius 2 is 1.36 bits per heavy atom. The van der Waals surface area contributed by atoms with Gasteiger partial charge in [0.15, 0.2) is 34.8 Å². The van der Waals surface area contributed by atoms with Crippen molar-refractivity contribution in [3.8, 4) is 16.3 Å². The maximum atomic E-state index is 16.3. The number of hydrogen-bond acceptors (Lipinski definition) is 13. The Hall–Kier alpha value is -7.52. The monoisotopic (exact) mass is 1150 g/mol. The number of benzene rings is 2. The van der Waals surface area contributed by atoms with E-state index in [-0.39, 0.29) is 49.1 Å². The van der Waals surface area contributed by atoms with Crippen LogP contribution < -0.4 is 26.0 Å².